The molecule has 0 unspecified atom stereocenters. The third kappa shape index (κ3) is 3.89. The average Bonchev–Trinajstić information content (AvgIpc) is 2.99. The number of methoxy groups -OCH3 is 1. The van der Waals surface area contributed by atoms with E-state index in [0.717, 1.165) is 0 Å². The van der Waals surface area contributed by atoms with E-state index in [1.165, 1.54) is 27.2 Å². The molecule has 0 radical (unpaired) electrons. The molecular weight excluding hydrogens is 330 g/mol. The van der Waals surface area contributed by atoms with Gasteiger partial charge in [0.25, 0.3) is 0 Å². The lowest BCUT2D eigenvalue weighted by atomic mass is 9.98. The van der Waals surface area contributed by atoms with Gasteiger partial charge in [-0.3, -0.25) is 0 Å². The summed E-state index contributed by atoms with van der Waals surface area (Å²) < 4.78 is 10.6. The monoisotopic (exact) mass is 355 g/mol. The summed E-state index contributed by atoms with van der Waals surface area (Å²) in [6.45, 7) is 1.54. The summed E-state index contributed by atoms with van der Waals surface area (Å²) in [7, 11) is 1.63. The predicted molar refractivity (Wildman–Crippen MR) is 100 cm³/mol. The fourth-order valence-corrected chi connectivity index (χ4v) is 3.50. The molecule has 0 fully saturated rings. The number of aliphatic hydroxyl groups excluding tert-OH is 1. The Labute approximate surface area is 154 Å². The molecule has 2 aromatic rings. The molecule has 0 spiro atoms. The molecule has 1 aliphatic carbocycles. The molecule has 1 aliphatic rings. The number of rotatable bonds is 8. The van der Waals surface area contributed by atoms with Crippen molar-refractivity contribution in [3.8, 4) is 11.1 Å². The number of amides is 1. The highest BCUT2D eigenvalue weighted by atomic mass is 16.6. The van der Waals surface area contributed by atoms with Crippen molar-refractivity contribution in [2.24, 2.45) is 0 Å². The fourth-order valence-electron chi connectivity index (χ4n) is 3.50. The number of hydrogen-bond acceptors (Lipinski definition) is 4. The zero-order valence-electron chi connectivity index (χ0n) is 15.1. The first-order valence-corrected chi connectivity index (χ1v) is 8.96. The summed E-state index contributed by atoms with van der Waals surface area (Å²) in [6.07, 6.45) is 0.317. The number of carbonyl (C=O) groups excluding carboxylic acids is 1. The van der Waals surface area contributed by atoms with Crippen LogP contribution in [0, 0.1) is 0 Å². The molecule has 0 atom stereocenters. The highest BCUT2D eigenvalue weighted by Crippen LogP contribution is 2.44. The van der Waals surface area contributed by atoms with Crippen LogP contribution in [0.3, 0.4) is 0 Å². The first-order valence-electron chi connectivity index (χ1n) is 8.96. The van der Waals surface area contributed by atoms with Crippen molar-refractivity contribution in [3.63, 3.8) is 0 Å². The summed E-state index contributed by atoms with van der Waals surface area (Å²) in [5.74, 6) is 0.0429. The van der Waals surface area contributed by atoms with Gasteiger partial charge in [0.2, 0.25) is 0 Å². The van der Waals surface area contributed by atoms with Crippen LogP contribution in [0.2, 0.25) is 0 Å². The van der Waals surface area contributed by atoms with Crippen LogP contribution in [0.1, 0.15) is 23.5 Å². The Morgan fingerprint density at radius 2 is 1.65 bits per heavy atom. The van der Waals surface area contributed by atoms with Crippen molar-refractivity contribution < 1.29 is 19.4 Å². The number of carbonyl (C=O) groups is 1. The van der Waals surface area contributed by atoms with Crippen LogP contribution in [0.4, 0.5) is 4.79 Å². The summed E-state index contributed by atoms with van der Waals surface area (Å²) in [6, 6.07) is 16.5. The minimum absolute atomic E-state index is 0.0429. The molecule has 0 heterocycles. The standard InChI is InChI=1S/C21H25NO4/c1-25-14-6-11-22(12-13-23)21(24)26-15-20-18-9-4-2-7-16(18)17-8-3-5-10-19(17)20/h2-5,7-10,20,23H,6,11-15H2,1H3. The van der Waals surface area contributed by atoms with Crippen molar-refractivity contribution >= 4 is 6.09 Å². The van der Waals surface area contributed by atoms with E-state index in [9.17, 15) is 9.90 Å². The number of fused-ring (bicyclic) bond motifs is 3. The highest BCUT2D eigenvalue weighted by molar-refractivity contribution is 5.79. The van der Waals surface area contributed by atoms with E-state index < -0.39 is 6.09 Å². The number of hydrogen-bond donors (Lipinski definition) is 1. The lowest BCUT2D eigenvalue weighted by molar-refractivity contribution is 0.0869. The molecule has 0 bridgehead atoms. The second-order valence-electron chi connectivity index (χ2n) is 6.36. The molecule has 2 aromatic carbocycles. The molecule has 138 valence electrons. The topological polar surface area (TPSA) is 59.0 Å². The second kappa shape index (κ2) is 8.83. The molecule has 3 rings (SSSR count). The van der Waals surface area contributed by atoms with Crippen LogP contribution < -0.4 is 0 Å². The van der Waals surface area contributed by atoms with Crippen molar-refractivity contribution in [3.05, 3.63) is 59.7 Å². The molecule has 26 heavy (non-hydrogen) atoms. The average molecular weight is 355 g/mol. The van der Waals surface area contributed by atoms with Crippen LogP contribution in [0.25, 0.3) is 11.1 Å². The van der Waals surface area contributed by atoms with Crippen LogP contribution in [-0.2, 0) is 9.47 Å². The van der Waals surface area contributed by atoms with Gasteiger partial charge in [0, 0.05) is 32.7 Å². The van der Waals surface area contributed by atoms with E-state index in [2.05, 4.69) is 24.3 Å². The predicted octanol–water partition coefficient (Wildman–Crippen LogP) is 3.27. The third-order valence-corrected chi connectivity index (χ3v) is 4.74. The van der Waals surface area contributed by atoms with Crippen LogP contribution in [-0.4, -0.2) is 56.1 Å². The van der Waals surface area contributed by atoms with Gasteiger partial charge in [0.15, 0.2) is 0 Å². The van der Waals surface area contributed by atoms with E-state index >= 15 is 0 Å². The largest absolute Gasteiger partial charge is 0.448 e. The summed E-state index contributed by atoms with van der Waals surface area (Å²) in [5.41, 5.74) is 4.79. The van der Waals surface area contributed by atoms with E-state index in [1.54, 1.807) is 7.11 Å². The van der Waals surface area contributed by atoms with Crippen LogP contribution in [0.15, 0.2) is 48.5 Å². The summed E-state index contributed by atoms with van der Waals surface area (Å²) >= 11 is 0. The van der Waals surface area contributed by atoms with E-state index in [4.69, 9.17) is 9.47 Å². The molecule has 0 aliphatic heterocycles. The van der Waals surface area contributed by atoms with Gasteiger partial charge in [-0.15, -0.1) is 0 Å². The molecule has 1 N–H and O–H groups in total. The fraction of sp³-hybridized carbons (Fsp3) is 0.381. The van der Waals surface area contributed by atoms with Gasteiger partial charge in [0.05, 0.1) is 6.61 Å². The first-order chi connectivity index (χ1) is 12.8. The zero-order valence-corrected chi connectivity index (χ0v) is 15.1. The van der Waals surface area contributed by atoms with Crippen LogP contribution >= 0.6 is 0 Å². The van der Waals surface area contributed by atoms with Gasteiger partial charge in [-0.2, -0.15) is 0 Å². The normalized spacial score (nSPS) is 12.5. The molecular formula is C21H25NO4. The van der Waals surface area contributed by atoms with E-state index in [-0.39, 0.29) is 19.1 Å². The summed E-state index contributed by atoms with van der Waals surface area (Å²) in [4.78, 5) is 14.0. The van der Waals surface area contributed by atoms with Gasteiger partial charge >= 0.3 is 6.09 Å². The van der Waals surface area contributed by atoms with Gasteiger partial charge in [-0.05, 0) is 28.7 Å². The van der Waals surface area contributed by atoms with Gasteiger partial charge in [-0.25, -0.2) is 4.79 Å². The second-order valence-corrected chi connectivity index (χ2v) is 6.36. The third-order valence-electron chi connectivity index (χ3n) is 4.74. The molecule has 5 nitrogen and oxygen atoms in total. The lowest BCUT2D eigenvalue weighted by Crippen LogP contribution is -2.36. The smallest absolute Gasteiger partial charge is 0.409 e. The maximum atomic E-state index is 12.5. The lowest BCUT2D eigenvalue weighted by Gasteiger charge is -2.22. The molecule has 1 amide bonds. The van der Waals surface area contributed by atoms with Crippen molar-refractivity contribution in [2.75, 3.05) is 40.0 Å². The Bertz CT molecular complexity index is 701. The van der Waals surface area contributed by atoms with Gasteiger partial charge < -0.3 is 19.5 Å². The van der Waals surface area contributed by atoms with Gasteiger partial charge in [-0.1, -0.05) is 48.5 Å². The number of nitrogens with zero attached hydrogens (tertiary/aromatic N) is 1. The quantitative estimate of drug-likeness (QED) is 0.739. The zero-order chi connectivity index (χ0) is 18.4. The maximum Gasteiger partial charge on any atom is 0.409 e. The number of benzene rings is 2. The molecule has 0 saturated carbocycles. The number of aliphatic hydroxyl groups is 1. The Morgan fingerprint density at radius 3 is 2.23 bits per heavy atom. The molecule has 5 heteroatoms. The number of ether oxygens (including phenoxy) is 2. The summed E-state index contributed by atoms with van der Waals surface area (Å²) in [5, 5.41) is 9.20. The van der Waals surface area contributed by atoms with Crippen molar-refractivity contribution in [1.29, 1.82) is 0 Å². The molecule has 0 aromatic heterocycles. The Balaban J connectivity index is 1.69. The van der Waals surface area contributed by atoms with Crippen molar-refractivity contribution in [1.82, 2.24) is 4.90 Å². The van der Waals surface area contributed by atoms with Crippen LogP contribution in [0.5, 0.6) is 0 Å². The minimum Gasteiger partial charge on any atom is -0.448 e. The Morgan fingerprint density at radius 1 is 1.04 bits per heavy atom. The highest BCUT2D eigenvalue weighted by Gasteiger charge is 2.29. The van der Waals surface area contributed by atoms with Crippen molar-refractivity contribution in [2.45, 2.75) is 12.3 Å². The molecule has 0 saturated heterocycles. The first kappa shape index (κ1) is 18.4. The van der Waals surface area contributed by atoms with E-state index in [0.29, 0.717) is 26.2 Å². The minimum atomic E-state index is -0.392. The Hall–Kier alpha value is -2.37. The van der Waals surface area contributed by atoms with Gasteiger partial charge in [0.1, 0.15) is 6.61 Å². The SMILES string of the molecule is COCCCN(CCO)C(=O)OCC1c2ccccc2-c2ccccc21. The Kier molecular flexibility index (Phi) is 6.26. The van der Waals surface area contributed by atoms with E-state index in [1.807, 2.05) is 24.3 Å². The maximum absolute atomic E-state index is 12.5.